The number of nitrogens with zero attached hydrogens (tertiary/aromatic N) is 1. The Balaban J connectivity index is 3.12. The fraction of sp³-hybridized carbons (Fsp3) is 0.500. The Morgan fingerprint density at radius 3 is 2.20 bits per heavy atom. The quantitative estimate of drug-likeness (QED) is 0.791. The van der Waals surface area contributed by atoms with Gasteiger partial charge in [-0.05, 0) is 25.0 Å². The van der Waals surface area contributed by atoms with Crippen LogP contribution < -0.4 is 5.73 Å². The molecule has 0 saturated carbocycles. The molecule has 1 amide bonds. The summed E-state index contributed by atoms with van der Waals surface area (Å²) in [6.07, 6.45) is 1.64. The molecule has 4 nitrogen and oxygen atoms in total. The number of nitrogens with two attached hydrogens (primary N) is 1. The van der Waals surface area contributed by atoms with Crippen LogP contribution >= 0.6 is 23.2 Å². The average Bonchev–Trinajstić information content (AvgIpc) is 2.43. The monoisotopic (exact) mass is 318 g/mol. The van der Waals surface area contributed by atoms with Crippen molar-refractivity contribution in [3.05, 3.63) is 27.7 Å². The lowest BCUT2D eigenvalue weighted by molar-refractivity contribution is 0.0622. The van der Waals surface area contributed by atoms with E-state index in [0.29, 0.717) is 5.56 Å². The summed E-state index contributed by atoms with van der Waals surface area (Å²) in [5.41, 5.74) is 6.32. The number of halogens is 2. The molecule has 1 rings (SSSR count). The number of carbonyl (C=O) groups excluding carboxylic acids is 1. The Labute approximate surface area is 129 Å². The summed E-state index contributed by atoms with van der Waals surface area (Å²) < 4.78 is 0. The fourth-order valence-electron chi connectivity index (χ4n) is 2.16. The number of anilines is 1. The molecular weight excluding hydrogens is 299 g/mol. The molecule has 0 heterocycles. The second-order valence-corrected chi connectivity index (χ2v) is 5.36. The van der Waals surface area contributed by atoms with Gasteiger partial charge in [-0.1, -0.05) is 37.0 Å². The summed E-state index contributed by atoms with van der Waals surface area (Å²) in [6.45, 7) is 4.22. The molecule has 0 aliphatic heterocycles. The van der Waals surface area contributed by atoms with E-state index in [1.165, 1.54) is 12.1 Å². The van der Waals surface area contributed by atoms with Crippen molar-refractivity contribution in [2.24, 2.45) is 0 Å². The summed E-state index contributed by atoms with van der Waals surface area (Å²) in [5.74, 6) is -0.198. The zero-order valence-electron chi connectivity index (χ0n) is 11.7. The molecule has 20 heavy (non-hydrogen) atoms. The lowest BCUT2D eigenvalue weighted by Crippen LogP contribution is -2.41. The van der Waals surface area contributed by atoms with Crippen molar-refractivity contribution in [2.45, 2.75) is 32.7 Å². The molecule has 0 aliphatic rings. The Bertz CT molecular complexity index is 453. The third-order valence-electron chi connectivity index (χ3n) is 3.31. The van der Waals surface area contributed by atoms with Crippen LogP contribution in [0.4, 0.5) is 5.69 Å². The van der Waals surface area contributed by atoms with Crippen molar-refractivity contribution >= 4 is 34.8 Å². The number of aliphatic hydroxyl groups is 1. The minimum Gasteiger partial charge on any atom is -0.396 e. The van der Waals surface area contributed by atoms with E-state index < -0.39 is 0 Å². The van der Waals surface area contributed by atoms with Crippen LogP contribution in [0.3, 0.4) is 0 Å². The molecule has 112 valence electrons. The van der Waals surface area contributed by atoms with Gasteiger partial charge in [-0.2, -0.15) is 0 Å². The molecule has 0 radical (unpaired) electrons. The predicted octanol–water partition coefficient (Wildman–Crippen LogP) is 3.20. The van der Waals surface area contributed by atoms with Crippen molar-refractivity contribution in [1.29, 1.82) is 0 Å². The van der Waals surface area contributed by atoms with Gasteiger partial charge in [0.25, 0.3) is 5.91 Å². The van der Waals surface area contributed by atoms with Crippen LogP contribution in [0, 0.1) is 0 Å². The third kappa shape index (κ3) is 3.78. The molecule has 1 aromatic rings. The van der Waals surface area contributed by atoms with E-state index in [9.17, 15) is 4.79 Å². The second-order valence-electron chi connectivity index (χ2n) is 4.55. The van der Waals surface area contributed by atoms with Gasteiger partial charge in [0.1, 0.15) is 0 Å². The van der Waals surface area contributed by atoms with Gasteiger partial charge in [0.15, 0.2) is 0 Å². The van der Waals surface area contributed by atoms with E-state index in [1.807, 2.05) is 13.8 Å². The molecule has 0 saturated heterocycles. The lowest BCUT2D eigenvalue weighted by atomic mass is 10.1. The first-order valence-corrected chi connectivity index (χ1v) is 7.38. The van der Waals surface area contributed by atoms with E-state index in [4.69, 9.17) is 34.0 Å². The number of hydrogen-bond acceptors (Lipinski definition) is 3. The van der Waals surface area contributed by atoms with Crippen LogP contribution in [0.25, 0.3) is 0 Å². The largest absolute Gasteiger partial charge is 0.396 e. The SMILES string of the molecule is CCC(CC)N(CCO)C(=O)c1cc(Cl)c(N)c(Cl)c1. The Kier molecular flexibility index (Phi) is 6.59. The van der Waals surface area contributed by atoms with Gasteiger partial charge >= 0.3 is 0 Å². The normalized spacial score (nSPS) is 10.9. The highest BCUT2D eigenvalue weighted by Gasteiger charge is 2.23. The van der Waals surface area contributed by atoms with E-state index >= 15 is 0 Å². The standard InChI is InChI=1S/C14H20Cl2N2O2/c1-3-10(4-2)18(5-6-19)14(20)9-7-11(15)13(17)12(16)8-9/h7-8,10,19H,3-6,17H2,1-2H3. The van der Waals surface area contributed by atoms with Crippen LogP contribution in [0.2, 0.25) is 10.0 Å². The van der Waals surface area contributed by atoms with Crippen LogP contribution in [0.1, 0.15) is 37.0 Å². The number of benzene rings is 1. The Hall–Kier alpha value is -0.970. The van der Waals surface area contributed by atoms with Gasteiger partial charge in [0.05, 0.1) is 22.3 Å². The lowest BCUT2D eigenvalue weighted by Gasteiger charge is -2.30. The van der Waals surface area contributed by atoms with E-state index in [0.717, 1.165) is 12.8 Å². The van der Waals surface area contributed by atoms with Crippen molar-refractivity contribution in [3.8, 4) is 0 Å². The highest BCUT2D eigenvalue weighted by molar-refractivity contribution is 6.39. The van der Waals surface area contributed by atoms with E-state index in [2.05, 4.69) is 0 Å². The summed E-state index contributed by atoms with van der Waals surface area (Å²) in [5, 5.41) is 9.68. The third-order valence-corrected chi connectivity index (χ3v) is 3.94. The van der Waals surface area contributed by atoms with E-state index in [-0.39, 0.29) is 40.8 Å². The Morgan fingerprint density at radius 1 is 1.30 bits per heavy atom. The number of carbonyl (C=O) groups is 1. The minimum absolute atomic E-state index is 0.0738. The molecule has 0 bridgehead atoms. The number of rotatable bonds is 6. The first-order valence-electron chi connectivity index (χ1n) is 6.62. The van der Waals surface area contributed by atoms with Crippen molar-refractivity contribution in [1.82, 2.24) is 4.90 Å². The van der Waals surface area contributed by atoms with Crippen LogP contribution in [0.5, 0.6) is 0 Å². The topological polar surface area (TPSA) is 66.6 Å². The number of aliphatic hydroxyl groups excluding tert-OH is 1. The maximum atomic E-state index is 12.6. The predicted molar refractivity (Wildman–Crippen MR) is 83.4 cm³/mol. The van der Waals surface area contributed by atoms with E-state index in [1.54, 1.807) is 4.90 Å². The van der Waals surface area contributed by atoms with Crippen molar-refractivity contribution < 1.29 is 9.90 Å². The van der Waals surface area contributed by atoms with Gasteiger partial charge in [0.2, 0.25) is 0 Å². The summed E-state index contributed by atoms with van der Waals surface area (Å²) in [7, 11) is 0. The van der Waals surface area contributed by atoms with Gasteiger partial charge < -0.3 is 15.7 Å². The molecular formula is C14H20Cl2N2O2. The average molecular weight is 319 g/mol. The molecule has 0 aliphatic carbocycles. The fourth-order valence-corrected chi connectivity index (χ4v) is 2.65. The Morgan fingerprint density at radius 2 is 1.80 bits per heavy atom. The molecule has 1 aromatic carbocycles. The molecule has 0 fully saturated rings. The maximum absolute atomic E-state index is 12.6. The molecule has 0 aromatic heterocycles. The van der Waals surface area contributed by atoms with Crippen molar-refractivity contribution in [2.75, 3.05) is 18.9 Å². The first kappa shape index (κ1) is 17.1. The minimum atomic E-state index is -0.198. The summed E-state index contributed by atoms with van der Waals surface area (Å²) in [4.78, 5) is 14.2. The highest BCUT2D eigenvalue weighted by atomic mass is 35.5. The molecule has 0 unspecified atom stereocenters. The van der Waals surface area contributed by atoms with Gasteiger partial charge in [-0.25, -0.2) is 0 Å². The molecule has 3 N–H and O–H groups in total. The zero-order valence-corrected chi connectivity index (χ0v) is 13.2. The number of hydrogen-bond donors (Lipinski definition) is 2. The van der Waals surface area contributed by atoms with Gasteiger partial charge in [-0.3, -0.25) is 4.79 Å². The number of nitrogen functional groups attached to an aromatic ring is 1. The van der Waals surface area contributed by atoms with Gasteiger partial charge in [-0.15, -0.1) is 0 Å². The molecule has 0 spiro atoms. The van der Waals surface area contributed by atoms with Crippen LogP contribution in [-0.2, 0) is 0 Å². The second kappa shape index (κ2) is 7.72. The van der Waals surface area contributed by atoms with Crippen molar-refractivity contribution in [3.63, 3.8) is 0 Å². The molecule has 6 heteroatoms. The molecule has 0 atom stereocenters. The van der Waals surface area contributed by atoms with Crippen LogP contribution in [0.15, 0.2) is 12.1 Å². The van der Waals surface area contributed by atoms with Gasteiger partial charge in [0, 0.05) is 18.2 Å². The first-order chi connectivity index (χ1) is 9.46. The zero-order chi connectivity index (χ0) is 15.3. The summed E-state index contributed by atoms with van der Waals surface area (Å²) in [6, 6.07) is 3.10. The summed E-state index contributed by atoms with van der Waals surface area (Å²) >= 11 is 11.9. The highest BCUT2D eigenvalue weighted by Crippen LogP contribution is 2.29. The number of amides is 1. The van der Waals surface area contributed by atoms with Crippen LogP contribution in [-0.4, -0.2) is 35.1 Å². The smallest absolute Gasteiger partial charge is 0.254 e. The maximum Gasteiger partial charge on any atom is 0.254 e.